The average molecular weight is 400 g/mol. The summed E-state index contributed by atoms with van der Waals surface area (Å²) in [5.41, 5.74) is 0.759. The fourth-order valence-corrected chi connectivity index (χ4v) is 1.94. The quantitative estimate of drug-likeness (QED) is 0.241. The van der Waals surface area contributed by atoms with Crippen molar-refractivity contribution in [3.63, 3.8) is 0 Å². The van der Waals surface area contributed by atoms with Crippen LogP contribution in [0.15, 0.2) is 18.2 Å². The molecule has 4 nitrogen and oxygen atoms in total. The van der Waals surface area contributed by atoms with Gasteiger partial charge in [-0.2, -0.15) is 0 Å². The molecule has 0 saturated carbocycles. The summed E-state index contributed by atoms with van der Waals surface area (Å²) in [4.78, 5) is 10.3. The number of halogens is 2. The largest absolute Gasteiger partial charge is 0.494 e. The molecule has 16 heavy (non-hydrogen) atoms. The highest BCUT2D eigenvalue weighted by Gasteiger charge is 2.13. The topological polar surface area (TPSA) is 52.4 Å². The predicted molar refractivity (Wildman–Crippen MR) is 74.7 cm³/mol. The molecule has 0 unspecified atom stereocenters. The van der Waals surface area contributed by atoms with Crippen molar-refractivity contribution in [1.29, 1.82) is 0 Å². The van der Waals surface area contributed by atoms with Gasteiger partial charge in [-0.25, -0.2) is 0 Å². The number of rotatable bonds is 6. The third-order valence-corrected chi connectivity index (χ3v) is 3.31. The molecule has 0 N–H and O–H groups in total. The van der Waals surface area contributed by atoms with Crippen molar-refractivity contribution in [3.8, 4) is 5.75 Å². The summed E-state index contributed by atoms with van der Waals surface area (Å²) >= 11 is 5.51. The minimum Gasteiger partial charge on any atom is -0.494 e. The van der Waals surface area contributed by atoms with Crippen molar-refractivity contribution < 1.29 is 9.66 Å². The molecule has 0 aliphatic rings. The molecular formula is C10H11BrINO3. The molecule has 0 bridgehead atoms. The maximum absolute atomic E-state index is 10.7. The van der Waals surface area contributed by atoms with E-state index < -0.39 is 0 Å². The summed E-state index contributed by atoms with van der Waals surface area (Å²) in [6, 6.07) is 4.83. The lowest BCUT2D eigenvalue weighted by Crippen LogP contribution is -1.99. The van der Waals surface area contributed by atoms with Gasteiger partial charge in [0.05, 0.1) is 11.5 Å². The summed E-state index contributed by atoms with van der Waals surface area (Å²) in [6.07, 6.45) is 0.973. The van der Waals surface area contributed by atoms with Crippen LogP contribution in [0.3, 0.4) is 0 Å². The number of benzene rings is 1. The zero-order valence-electron chi connectivity index (χ0n) is 8.49. The molecule has 1 rings (SSSR count). The Morgan fingerprint density at radius 3 is 2.81 bits per heavy atom. The Hall–Kier alpha value is -0.370. The number of hydrogen-bond donors (Lipinski definition) is 0. The minimum atomic E-state index is -0.384. The first-order chi connectivity index (χ1) is 7.69. The van der Waals surface area contributed by atoms with Crippen LogP contribution in [-0.2, 0) is 5.33 Å². The van der Waals surface area contributed by atoms with E-state index in [2.05, 4.69) is 38.5 Å². The Morgan fingerprint density at radius 1 is 1.50 bits per heavy atom. The lowest BCUT2D eigenvalue weighted by molar-refractivity contribution is -0.385. The molecule has 0 radical (unpaired) electrons. The van der Waals surface area contributed by atoms with Crippen molar-refractivity contribution >= 4 is 44.2 Å². The summed E-state index contributed by atoms with van der Waals surface area (Å²) in [7, 11) is 0. The Kier molecular flexibility index (Phi) is 6.04. The van der Waals surface area contributed by atoms with Crippen LogP contribution in [0.25, 0.3) is 0 Å². The normalized spacial score (nSPS) is 10.1. The van der Waals surface area contributed by atoms with Gasteiger partial charge in [-0.05, 0) is 18.6 Å². The standard InChI is InChI=1S/C10H11BrINO3/c11-7-8-6-9(16-5-1-4-12)2-3-10(8)13(14)15/h2-3,6H,1,4-5,7H2. The van der Waals surface area contributed by atoms with Crippen molar-refractivity contribution in [2.45, 2.75) is 11.8 Å². The molecular weight excluding hydrogens is 389 g/mol. The van der Waals surface area contributed by atoms with E-state index in [1.54, 1.807) is 12.1 Å². The van der Waals surface area contributed by atoms with E-state index in [0.717, 1.165) is 10.8 Å². The van der Waals surface area contributed by atoms with Gasteiger partial charge >= 0.3 is 0 Å². The van der Waals surface area contributed by atoms with Gasteiger partial charge in [0.1, 0.15) is 5.75 Å². The molecule has 0 heterocycles. The lowest BCUT2D eigenvalue weighted by Gasteiger charge is -2.06. The van der Waals surface area contributed by atoms with E-state index in [9.17, 15) is 10.1 Å². The molecule has 1 aromatic rings. The molecule has 0 aromatic heterocycles. The van der Waals surface area contributed by atoms with E-state index in [1.807, 2.05) is 0 Å². The Balaban J connectivity index is 2.78. The second kappa shape index (κ2) is 7.05. The fraction of sp³-hybridized carbons (Fsp3) is 0.400. The summed E-state index contributed by atoms with van der Waals surface area (Å²) in [6.45, 7) is 0.641. The van der Waals surface area contributed by atoms with Gasteiger partial charge in [0.2, 0.25) is 0 Å². The van der Waals surface area contributed by atoms with Crippen molar-refractivity contribution in [2.75, 3.05) is 11.0 Å². The van der Waals surface area contributed by atoms with Gasteiger partial charge in [0, 0.05) is 21.4 Å². The monoisotopic (exact) mass is 399 g/mol. The second-order valence-corrected chi connectivity index (χ2v) is 4.71. The molecule has 1 aromatic carbocycles. The van der Waals surface area contributed by atoms with Gasteiger partial charge in [-0.3, -0.25) is 10.1 Å². The fourth-order valence-electron chi connectivity index (χ4n) is 1.18. The van der Waals surface area contributed by atoms with Crippen LogP contribution in [0.5, 0.6) is 5.75 Å². The first kappa shape index (κ1) is 13.7. The molecule has 0 aliphatic heterocycles. The molecule has 0 atom stereocenters. The number of nitro groups is 1. The smallest absolute Gasteiger partial charge is 0.273 e. The van der Waals surface area contributed by atoms with Gasteiger partial charge < -0.3 is 4.74 Å². The maximum atomic E-state index is 10.7. The molecule has 0 aliphatic carbocycles. The number of ether oxygens (including phenoxy) is 1. The molecule has 0 saturated heterocycles. The number of hydrogen-bond acceptors (Lipinski definition) is 3. The Labute approximate surface area is 116 Å². The van der Waals surface area contributed by atoms with Crippen LogP contribution < -0.4 is 4.74 Å². The third kappa shape index (κ3) is 3.89. The van der Waals surface area contributed by atoms with Gasteiger partial charge in [0.15, 0.2) is 0 Å². The lowest BCUT2D eigenvalue weighted by atomic mass is 10.2. The zero-order chi connectivity index (χ0) is 12.0. The van der Waals surface area contributed by atoms with E-state index >= 15 is 0 Å². The molecule has 88 valence electrons. The minimum absolute atomic E-state index is 0.123. The highest BCUT2D eigenvalue weighted by atomic mass is 127. The van der Waals surface area contributed by atoms with Crippen LogP contribution in [0, 0.1) is 10.1 Å². The summed E-state index contributed by atoms with van der Waals surface area (Å²) in [5, 5.41) is 11.1. The van der Waals surface area contributed by atoms with Crippen molar-refractivity contribution in [1.82, 2.24) is 0 Å². The predicted octanol–water partition coefficient (Wildman–Crippen LogP) is 3.69. The van der Waals surface area contributed by atoms with E-state index in [0.29, 0.717) is 23.2 Å². The first-order valence-corrected chi connectivity index (χ1v) is 7.35. The van der Waals surface area contributed by atoms with Crippen molar-refractivity contribution in [2.24, 2.45) is 0 Å². The van der Waals surface area contributed by atoms with E-state index in [4.69, 9.17) is 4.74 Å². The number of nitrogens with zero attached hydrogens (tertiary/aromatic N) is 1. The van der Waals surface area contributed by atoms with E-state index in [1.165, 1.54) is 6.07 Å². The van der Waals surface area contributed by atoms with Crippen LogP contribution >= 0.6 is 38.5 Å². The molecule has 0 fully saturated rings. The summed E-state index contributed by atoms with van der Waals surface area (Å²) < 4.78 is 6.51. The van der Waals surface area contributed by atoms with Crippen LogP contribution in [-0.4, -0.2) is 16.0 Å². The van der Waals surface area contributed by atoms with Gasteiger partial charge in [-0.1, -0.05) is 38.5 Å². The molecule has 0 spiro atoms. The van der Waals surface area contributed by atoms with Gasteiger partial charge in [0.25, 0.3) is 5.69 Å². The summed E-state index contributed by atoms with van der Waals surface area (Å²) in [5.74, 6) is 0.685. The second-order valence-electron chi connectivity index (χ2n) is 3.07. The first-order valence-electron chi connectivity index (χ1n) is 4.71. The average Bonchev–Trinajstić information content (AvgIpc) is 2.29. The Bertz CT molecular complexity index is 373. The van der Waals surface area contributed by atoms with E-state index in [-0.39, 0.29) is 10.6 Å². The highest BCUT2D eigenvalue weighted by molar-refractivity contribution is 14.1. The molecule has 0 amide bonds. The van der Waals surface area contributed by atoms with Crippen LogP contribution in [0.1, 0.15) is 12.0 Å². The molecule has 6 heteroatoms. The SMILES string of the molecule is O=[N+]([O-])c1ccc(OCCCI)cc1CBr. The van der Waals surface area contributed by atoms with Crippen molar-refractivity contribution in [3.05, 3.63) is 33.9 Å². The van der Waals surface area contributed by atoms with Crippen LogP contribution in [0.2, 0.25) is 0 Å². The number of alkyl halides is 2. The third-order valence-electron chi connectivity index (χ3n) is 1.94. The maximum Gasteiger partial charge on any atom is 0.273 e. The van der Waals surface area contributed by atoms with Crippen LogP contribution in [0.4, 0.5) is 5.69 Å². The number of nitro benzene ring substituents is 1. The van der Waals surface area contributed by atoms with Gasteiger partial charge in [-0.15, -0.1) is 0 Å². The Morgan fingerprint density at radius 2 is 2.25 bits per heavy atom. The highest BCUT2D eigenvalue weighted by Crippen LogP contribution is 2.26. The zero-order valence-corrected chi connectivity index (χ0v) is 12.2.